The maximum Gasteiger partial charge on any atom is 0.263 e. The zero-order chi connectivity index (χ0) is 19.6. The summed E-state index contributed by atoms with van der Waals surface area (Å²) in [4.78, 5) is 21.9. The smallest absolute Gasteiger partial charge is 0.263 e. The summed E-state index contributed by atoms with van der Waals surface area (Å²) in [6.07, 6.45) is 0. The molecule has 0 aliphatic rings. The van der Waals surface area contributed by atoms with Crippen LogP contribution in [0.1, 0.15) is 21.5 Å². The minimum absolute atomic E-state index is 0.0956. The number of nitrogens with zero attached hydrogens (tertiary/aromatic N) is 3. The molecule has 0 aliphatic carbocycles. The van der Waals surface area contributed by atoms with E-state index in [0.717, 1.165) is 16.8 Å². The molecule has 0 fully saturated rings. The normalized spacial score (nSPS) is 11.2. The Morgan fingerprint density at radius 2 is 1.81 bits per heavy atom. The van der Waals surface area contributed by atoms with Crippen molar-refractivity contribution >= 4 is 32.6 Å². The standard InChI is InChI=1S/C21H25N3O2S/c1-14-12-17-19(13-15(14)2)27-21(22-17)24(11-10-23(3)4)20(25)16-8-6-7-9-18(16)26-5/h6-9,12-13H,10-11H2,1-5H3. The molecule has 2 aromatic carbocycles. The molecular formula is C21H25N3O2S. The molecule has 1 heterocycles. The molecule has 1 aromatic heterocycles. The zero-order valence-corrected chi connectivity index (χ0v) is 17.3. The minimum atomic E-state index is -0.0956. The topological polar surface area (TPSA) is 45.7 Å². The first kappa shape index (κ1) is 19.3. The molecule has 0 spiro atoms. The fraction of sp³-hybridized carbons (Fsp3) is 0.333. The Balaban J connectivity index is 2.04. The van der Waals surface area contributed by atoms with E-state index in [9.17, 15) is 4.79 Å². The molecule has 0 atom stereocenters. The lowest BCUT2D eigenvalue weighted by Gasteiger charge is -2.22. The number of anilines is 1. The number of fused-ring (bicyclic) bond motifs is 1. The van der Waals surface area contributed by atoms with Gasteiger partial charge in [-0.05, 0) is 63.3 Å². The van der Waals surface area contributed by atoms with E-state index in [1.807, 2.05) is 32.3 Å². The summed E-state index contributed by atoms with van der Waals surface area (Å²) in [6.45, 7) is 5.48. The number of amides is 1. The van der Waals surface area contributed by atoms with Crippen LogP contribution in [-0.4, -0.2) is 50.1 Å². The molecule has 3 aromatic rings. The van der Waals surface area contributed by atoms with Crippen molar-refractivity contribution in [1.82, 2.24) is 9.88 Å². The van der Waals surface area contributed by atoms with E-state index in [1.54, 1.807) is 29.4 Å². The van der Waals surface area contributed by atoms with Crippen LogP contribution in [-0.2, 0) is 0 Å². The van der Waals surface area contributed by atoms with E-state index in [2.05, 4.69) is 30.9 Å². The highest BCUT2D eigenvalue weighted by atomic mass is 32.1. The molecule has 0 N–H and O–H groups in total. The summed E-state index contributed by atoms with van der Waals surface area (Å²) < 4.78 is 6.49. The Labute approximate surface area is 164 Å². The van der Waals surface area contributed by atoms with Gasteiger partial charge in [-0.3, -0.25) is 9.69 Å². The van der Waals surface area contributed by atoms with Crippen molar-refractivity contribution in [2.75, 3.05) is 39.2 Å². The summed E-state index contributed by atoms with van der Waals surface area (Å²) >= 11 is 1.55. The quantitative estimate of drug-likeness (QED) is 0.642. The van der Waals surface area contributed by atoms with Crippen LogP contribution < -0.4 is 9.64 Å². The van der Waals surface area contributed by atoms with Gasteiger partial charge in [0.25, 0.3) is 5.91 Å². The highest BCUT2D eigenvalue weighted by Gasteiger charge is 2.24. The lowest BCUT2D eigenvalue weighted by Crippen LogP contribution is -2.36. The zero-order valence-electron chi connectivity index (χ0n) is 16.4. The Hall–Kier alpha value is -2.44. The average molecular weight is 384 g/mol. The molecule has 0 saturated heterocycles. The van der Waals surface area contributed by atoms with Crippen molar-refractivity contribution in [2.24, 2.45) is 0 Å². The number of aryl methyl sites for hydroxylation is 2. The Bertz CT molecular complexity index is 926. The highest BCUT2D eigenvalue weighted by Crippen LogP contribution is 2.32. The maximum atomic E-state index is 13.3. The van der Waals surface area contributed by atoms with E-state index in [-0.39, 0.29) is 5.91 Å². The van der Waals surface area contributed by atoms with E-state index in [0.29, 0.717) is 23.0 Å². The highest BCUT2D eigenvalue weighted by molar-refractivity contribution is 7.22. The number of hydrogen-bond acceptors (Lipinski definition) is 5. The number of likely N-dealkylation sites (N-methyl/N-ethyl adjacent to an activating group) is 1. The van der Waals surface area contributed by atoms with Crippen molar-refractivity contribution in [1.29, 1.82) is 0 Å². The number of aromatic nitrogens is 1. The summed E-state index contributed by atoms with van der Waals surface area (Å²) in [5, 5.41) is 0.716. The van der Waals surface area contributed by atoms with Gasteiger partial charge in [0.15, 0.2) is 5.13 Å². The van der Waals surface area contributed by atoms with Crippen LogP contribution in [0.15, 0.2) is 36.4 Å². The first-order chi connectivity index (χ1) is 12.9. The summed E-state index contributed by atoms with van der Waals surface area (Å²) in [6, 6.07) is 11.5. The van der Waals surface area contributed by atoms with Gasteiger partial charge >= 0.3 is 0 Å². The van der Waals surface area contributed by atoms with Gasteiger partial charge in [-0.1, -0.05) is 23.5 Å². The van der Waals surface area contributed by atoms with Crippen molar-refractivity contribution in [3.63, 3.8) is 0 Å². The van der Waals surface area contributed by atoms with Crippen LogP contribution in [0.2, 0.25) is 0 Å². The monoisotopic (exact) mass is 383 g/mol. The first-order valence-corrected chi connectivity index (χ1v) is 9.69. The number of hydrogen-bond donors (Lipinski definition) is 0. The summed E-state index contributed by atoms with van der Waals surface area (Å²) in [7, 11) is 5.58. The van der Waals surface area contributed by atoms with Gasteiger partial charge in [-0.15, -0.1) is 0 Å². The minimum Gasteiger partial charge on any atom is -0.496 e. The molecule has 6 heteroatoms. The number of methoxy groups -OCH3 is 1. The van der Waals surface area contributed by atoms with Crippen molar-refractivity contribution < 1.29 is 9.53 Å². The third kappa shape index (κ3) is 4.12. The van der Waals surface area contributed by atoms with Crippen LogP contribution in [0.3, 0.4) is 0 Å². The van der Waals surface area contributed by atoms with E-state index < -0.39 is 0 Å². The Morgan fingerprint density at radius 3 is 2.52 bits per heavy atom. The number of carbonyl (C=O) groups excluding carboxylic acids is 1. The summed E-state index contributed by atoms with van der Waals surface area (Å²) in [5.74, 6) is 0.479. The number of thiazole rings is 1. The average Bonchev–Trinajstić information content (AvgIpc) is 3.04. The van der Waals surface area contributed by atoms with E-state index >= 15 is 0 Å². The lowest BCUT2D eigenvalue weighted by molar-refractivity contribution is 0.0982. The van der Waals surface area contributed by atoms with Crippen LogP contribution in [0.5, 0.6) is 5.75 Å². The van der Waals surface area contributed by atoms with Crippen molar-refractivity contribution in [3.8, 4) is 5.75 Å². The Morgan fingerprint density at radius 1 is 1.11 bits per heavy atom. The predicted molar refractivity (Wildman–Crippen MR) is 112 cm³/mol. The second-order valence-electron chi connectivity index (χ2n) is 6.86. The third-order valence-electron chi connectivity index (χ3n) is 4.58. The van der Waals surface area contributed by atoms with Crippen molar-refractivity contribution in [2.45, 2.75) is 13.8 Å². The van der Waals surface area contributed by atoms with Crippen LogP contribution in [0.4, 0.5) is 5.13 Å². The molecular weight excluding hydrogens is 358 g/mol. The molecule has 0 unspecified atom stereocenters. The number of ether oxygens (including phenoxy) is 1. The Kier molecular flexibility index (Phi) is 5.77. The van der Waals surface area contributed by atoms with Gasteiger partial charge in [0.1, 0.15) is 5.75 Å². The molecule has 1 amide bonds. The van der Waals surface area contributed by atoms with Crippen LogP contribution >= 0.6 is 11.3 Å². The molecule has 0 bridgehead atoms. The van der Waals surface area contributed by atoms with Gasteiger partial charge in [0.2, 0.25) is 0 Å². The SMILES string of the molecule is COc1ccccc1C(=O)N(CCN(C)C)c1nc2cc(C)c(C)cc2s1. The summed E-state index contributed by atoms with van der Waals surface area (Å²) in [5.41, 5.74) is 3.91. The largest absolute Gasteiger partial charge is 0.496 e. The number of para-hydroxylation sites is 1. The van der Waals surface area contributed by atoms with Gasteiger partial charge in [0, 0.05) is 13.1 Å². The lowest BCUT2D eigenvalue weighted by atomic mass is 10.1. The van der Waals surface area contributed by atoms with Crippen LogP contribution in [0.25, 0.3) is 10.2 Å². The molecule has 0 saturated carbocycles. The number of rotatable bonds is 6. The van der Waals surface area contributed by atoms with E-state index in [1.165, 1.54) is 11.1 Å². The second kappa shape index (κ2) is 8.06. The molecule has 0 aliphatic heterocycles. The maximum absolute atomic E-state index is 13.3. The molecule has 3 rings (SSSR count). The van der Waals surface area contributed by atoms with Crippen molar-refractivity contribution in [3.05, 3.63) is 53.1 Å². The molecule has 0 radical (unpaired) electrons. The molecule has 142 valence electrons. The fourth-order valence-electron chi connectivity index (χ4n) is 2.83. The van der Waals surface area contributed by atoms with Gasteiger partial charge < -0.3 is 9.64 Å². The third-order valence-corrected chi connectivity index (χ3v) is 5.62. The molecule has 27 heavy (non-hydrogen) atoms. The first-order valence-electron chi connectivity index (χ1n) is 8.88. The second-order valence-corrected chi connectivity index (χ2v) is 7.87. The van der Waals surface area contributed by atoms with Gasteiger partial charge in [-0.25, -0.2) is 4.98 Å². The van der Waals surface area contributed by atoms with E-state index in [4.69, 9.17) is 9.72 Å². The number of benzene rings is 2. The van der Waals surface area contributed by atoms with Gasteiger partial charge in [-0.2, -0.15) is 0 Å². The van der Waals surface area contributed by atoms with Crippen LogP contribution in [0, 0.1) is 13.8 Å². The number of carbonyl (C=O) groups is 1. The predicted octanol–water partition coefficient (Wildman–Crippen LogP) is 4.13. The molecule has 5 nitrogen and oxygen atoms in total. The van der Waals surface area contributed by atoms with Gasteiger partial charge in [0.05, 0.1) is 22.9 Å². The fourth-order valence-corrected chi connectivity index (χ4v) is 3.90.